The molecule has 1 aromatic carbocycles. The average Bonchev–Trinajstić information content (AvgIpc) is 2.80. The second kappa shape index (κ2) is 6.26. The van der Waals surface area contributed by atoms with Gasteiger partial charge in [0.15, 0.2) is 11.6 Å². The van der Waals surface area contributed by atoms with Crippen LogP contribution in [0.15, 0.2) is 18.5 Å². The summed E-state index contributed by atoms with van der Waals surface area (Å²) < 4.78 is 41.3. The Kier molecular flexibility index (Phi) is 4.62. The molecule has 1 aromatic heterocycles. The van der Waals surface area contributed by atoms with Crippen LogP contribution < -0.4 is 0 Å². The third-order valence-corrected chi connectivity index (χ3v) is 3.01. The number of aromatic nitrogens is 3. The van der Waals surface area contributed by atoms with E-state index in [0.717, 1.165) is 0 Å². The molecular weight excluding hydrogens is 283 g/mol. The minimum Gasteiger partial charge on any atom is -0.388 e. The molecule has 0 saturated heterocycles. The molecular formula is C14H16F3N3O. The Hall–Kier alpha value is -1.89. The summed E-state index contributed by atoms with van der Waals surface area (Å²) in [6.45, 7) is 4.59. The van der Waals surface area contributed by atoms with Crippen LogP contribution in [0.3, 0.4) is 0 Å². The summed E-state index contributed by atoms with van der Waals surface area (Å²) in [5.74, 6) is -2.69. The van der Waals surface area contributed by atoms with Gasteiger partial charge in [0.2, 0.25) is 0 Å². The van der Waals surface area contributed by atoms with Crippen molar-refractivity contribution >= 4 is 0 Å². The molecule has 0 fully saturated rings. The first kappa shape index (κ1) is 15.5. The highest BCUT2D eigenvalue weighted by atomic mass is 19.2. The molecule has 114 valence electrons. The average molecular weight is 299 g/mol. The fraction of sp³-hybridized carbons (Fsp3) is 0.429. The van der Waals surface area contributed by atoms with Gasteiger partial charge in [-0.1, -0.05) is 13.8 Å². The smallest absolute Gasteiger partial charge is 0.161 e. The molecule has 0 spiro atoms. The van der Waals surface area contributed by atoms with Crippen molar-refractivity contribution in [3.8, 4) is 0 Å². The van der Waals surface area contributed by atoms with E-state index >= 15 is 0 Å². The molecule has 4 nitrogen and oxygen atoms in total. The Balaban J connectivity index is 2.20. The molecule has 0 aliphatic heterocycles. The van der Waals surface area contributed by atoms with Crippen LogP contribution in [0.4, 0.5) is 13.2 Å². The van der Waals surface area contributed by atoms with Crippen LogP contribution in [0.1, 0.15) is 31.3 Å². The van der Waals surface area contributed by atoms with E-state index in [1.807, 2.05) is 13.8 Å². The lowest BCUT2D eigenvalue weighted by Crippen LogP contribution is -2.14. The molecule has 1 N–H and O–H groups in total. The molecule has 0 bridgehead atoms. The van der Waals surface area contributed by atoms with Gasteiger partial charge in [0, 0.05) is 24.6 Å². The lowest BCUT2D eigenvalue weighted by Gasteiger charge is -2.14. The van der Waals surface area contributed by atoms with Crippen molar-refractivity contribution in [3.05, 3.63) is 47.3 Å². The lowest BCUT2D eigenvalue weighted by molar-refractivity contribution is 0.168. The number of hydrogen-bond acceptors (Lipinski definition) is 3. The van der Waals surface area contributed by atoms with Crippen molar-refractivity contribution in [1.29, 1.82) is 0 Å². The topological polar surface area (TPSA) is 50.9 Å². The molecule has 0 aliphatic carbocycles. The zero-order valence-electron chi connectivity index (χ0n) is 11.7. The molecule has 0 amide bonds. The van der Waals surface area contributed by atoms with Gasteiger partial charge in [-0.2, -0.15) is 5.10 Å². The number of nitrogens with zero attached hydrogens (tertiary/aromatic N) is 3. The summed E-state index contributed by atoms with van der Waals surface area (Å²) in [5.41, 5.74) is -0.298. The quantitative estimate of drug-likeness (QED) is 0.864. The van der Waals surface area contributed by atoms with Crippen molar-refractivity contribution < 1.29 is 18.3 Å². The molecule has 2 aromatic rings. The standard InChI is InChI=1S/C14H16F3N3O/c1-8(2)6-20-14(18-7-19-20)5-13(21)9-3-11(16)12(17)4-10(9)15/h3-4,7-8,13,21H,5-6H2,1-2H3. The van der Waals surface area contributed by atoms with Crippen LogP contribution in [-0.2, 0) is 13.0 Å². The van der Waals surface area contributed by atoms with Crippen molar-refractivity contribution in [1.82, 2.24) is 14.8 Å². The van der Waals surface area contributed by atoms with E-state index in [9.17, 15) is 18.3 Å². The van der Waals surface area contributed by atoms with Gasteiger partial charge in [-0.3, -0.25) is 0 Å². The third kappa shape index (κ3) is 3.60. The zero-order chi connectivity index (χ0) is 15.6. The molecule has 7 heteroatoms. The second-order valence-corrected chi connectivity index (χ2v) is 5.26. The number of aliphatic hydroxyl groups excluding tert-OH is 1. The Bertz CT molecular complexity index is 628. The minimum absolute atomic E-state index is 0.0330. The molecule has 0 saturated carbocycles. The first-order chi connectivity index (χ1) is 9.88. The summed E-state index contributed by atoms with van der Waals surface area (Å²) in [4.78, 5) is 4.01. The molecule has 1 atom stereocenters. The van der Waals surface area contributed by atoms with E-state index in [-0.39, 0.29) is 12.0 Å². The molecule has 0 radical (unpaired) electrons. The summed E-state index contributed by atoms with van der Waals surface area (Å²) in [6, 6.07) is 1.09. The summed E-state index contributed by atoms with van der Waals surface area (Å²) in [6.07, 6.45) is -0.0176. The first-order valence-corrected chi connectivity index (χ1v) is 6.57. The van der Waals surface area contributed by atoms with E-state index in [1.165, 1.54) is 6.33 Å². The van der Waals surface area contributed by atoms with Gasteiger partial charge in [0.05, 0.1) is 6.10 Å². The molecule has 1 unspecified atom stereocenters. The van der Waals surface area contributed by atoms with Crippen molar-refractivity contribution in [2.45, 2.75) is 32.9 Å². The van der Waals surface area contributed by atoms with Crippen LogP contribution in [0, 0.1) is 23.4 Å². The zero-order valence-corrected chi connectivity index (χ0v) is 11.7. The van der Waals surface area contributed by atoms with E-state index in [2.05, 4.69) is 10.1 Å². The summed E-state index contributed by atoms with van der Waals surface area (Å²) in [7, 11) is 0. The van der Waals surface area contributed by atoms with E-state index in [1.54, 1.807) is 4.68 Å². The van der Waals surface area contributed by atoms with Crippen LogP contribution in [0.25, 0.3) is 0 Å². The second-order valence-electron chi connectivity index (χ2n) is 5.26. The van der Waals surface area contributed by atoms with Gasteiger partial charge in [-0.25, -0.2) is 22.8 Å². The number of rotatable bonds is 5. The van der Waals surface area contributed by atoms with E-state index < -0.39 is 23.6 Å². The number of hydrogen-bond donors (Lipinski definition) is 1. The van der Waals surface area contributed by atoms with Crippen molar-refractivity contribution in [3.63, 3.8) is 0 Å². The van der Waals surface area contributed by atoms with Gasteiger partial charge in [-0.05, 0) is 12.0 Å². The van der Waals surface area contributed by atoms with Crippen LogP contribution in [-0.4, -0.2) is 19.9 Å². The van der Waals surface area contributed by atoms with Gasteiger partial charge < -0.3 is 5.11 Å². The Morgan fingerprint density at radius 1 is 1.14 bits per heavy atom. The van der Waals surface area contributed by atoms with E-state index in [0.29, 0.717) is 30.4 Å². The Labute approximate surface area is 120 Å². The summed E-state index contributed by atoms with van der Waals surface area (Å²) >= 11 is 0. The maximum atomic E-state index is 13.6. The first-order valence-electron chi connectivity index (χ1n) is 6.57. The molecule has 21 heavy (non-hydrogen) atoms. The van der Waals surface area contributed by atoms with Crippen LogP contribution >= 0.6 is 0 Å². The van der Waals surface area contributed by atoms with E-state index in [4.69, 9.17) is 0 Å². The molecule has 0 aliphatic rings. The monoisotopic (exact) mass is 299 g/mol. The fourth-order valence-corrected chi connectivity index (χ4v) is 2.02. The SMILES string of the molecule is CC(C)Cn1ncnc1CC(O)c1cc(F)c(F)cc1F. The van der Waals surface area contributed by atoms with Gasteiger partial charge >= 0.3 is 0 Å². The number of aliphatic hydroxyl groups is 1. The highest BCUT2D eigenvalue weighted by Crippen LogP contribution is 2.23. The van der Waals surface area contributed by atoms with Crippen molar-refractivity contribution in [2.75, 3.05) is 0 Å². The maximum Gasteiger partial charge on any atom is 0.161 e. The van der Waals surface area contributed by atoms with Gasteiger partial charge in [-0.15, -0.1) is 0 Å². The number of benzene rings is 1. The highest BCUT2D eigenvalue weighted by molar-refractivity contribution is 5.23. The molecule has 1 heterocycles. The van der Waals surface area contributed by atoms with Gasteiger partial charge in [0.1, 0.15) is 18.0 Å². The predicted octanol–water partition coefficient (Wildman–Crippen LogP) is 2.63. The maximum absolute atomic E-state index is 13.6. The molecule has 2 rings (SSSR count). The number of halogens is 3. The summed E-state index contributed by atoms with van der Waals surface area (Å²) in [5, 5.41) is 14.1. The van der Waals surface area contributed by atoms with Crippen molar-refractivity contribution in [2.24, 2.45) is 5.92 Å². The largest absolute Gasteiger partial charge is 0.388 e. The van der Waals surface area contributed by atoms with Gasteiger partial charge in [0.25, 0.3) is 0 Å². The normalized spacial score (nSPS) is 12.9. The highest BCUT2D eigenvalue weighted by Gasteiger charge is 2.19. The Morgan fingerprint density at radius 2 is 1.81 bits per heavy atom. The van der Waals surface area contributed by atoms with Crippen LogP contribution in [0.5, 0.6) is 0 Å². The predicted molar refractivity (Wildman–Crippen MR) is 69.8 cm³/mol. The third-order valence-electron chi connectivity index (χ3n) is 3.01. The Morgan fingerprint density at radius 3 is 2.48 bits per heavy atom. The minimum atomic E-state index is -1.32. The fourth-order valence-electron chi connectivity index (χ4n) is 2.02. The van der Waals surface area contributed by atoms with Crippen LogP contribution in [0.2, 0.25) is 0 Å². The lowest BCUT2D eigenvalue weighted by atomic mass is 10.0.